The Morgan fingerprint density at radius 1 is 1.25 bits per heavy atom. The van der Waals surface area contributed by atoms with Crippen molar-refractivity contribution in [3.05, 3.63) is 23.2 Å². The second-order valence-electron chi connectivity index (χ2n) is 5.52. The van der Waals surface area contributed by atoms with E-state index < -0.39 is 0 Å². The van der Waals surface area contributed by atoms with Crippen molar-refractivity contribution in [2.75, 3.05) is 36.4 Å². The number of carbonyl (C=O) groups excluding carboxylic acids is 2. The summed E-state index contributed by atoms with van der Waals surface area (Å²) >= 11 is 11.2. The lowest BCUT2D eigenvalue weighted by molar-refractivity contribution is -0.131. The van der Waals surface area contributed by atoms with Crippen LogP contribution < -0.4 is 15.5 Å². The maximum Gasteiger partial charge on any atom is 0.222 e. The monoisotopic (exact) mass is 368 g/mol. The molecule has 2 amide bonds. The van der Waals surface area contributed by atoms with E-state index in [1.54, 1.807) is 6.07 Å². The Hall–Kier alpha value is -1.86. The van der Waals surface area contributed by atoms with Crippen LogP contribution in [0, 0.1) is 0 Å². The molecule has 0 spiro atoms. The number of nitrogens with zero attached hydrogens (tertiary/aromatic N) is 2. The molecule has 0 atom stereocenters. The van der Waals surface area contributed by atoms with Crippen molar-refractivity contribution >= 4 is 52.1 Å². The highest BCUT2D eigenvalue weighted by Crippen LogP contribution is 2.30. The average Bonchev–Trinajstić information content (AvgIpc) is 2.53. The molecule has 6 nitrogen and oxygen atoms in total. The van der Waals surface area contributed by atoms with E-state index in [-0.39, 0.29) is 16.9 Å². The number of nitrogens with one attached hydrogen (secondary N) is 2. The van der Waals surface area contributed by atoms with E-state index in [4.69, 9.17) is 23.8 Å². The quantitative estimate of drug-likeness (QED) is 0.801. The normalized spacial score (nSPS) is 14.3. The van der Waals surface area contributed by atoms with Crippen molar-refractivity contribution in [1.82, 2.24) is 10.2 Å². The fourth-order valence-electron chi connectivity index (χ4n) is 2.62. The molecular formula is C16H21ClN4O2S. The molecule has 0 saturated carbocycles. The van der Waals surface area contributed by atoms with Crippen LogP contribution in [0.15, 0.2) is 18.2 Å². The highest BCUT2D eigenvalue weighted by molar-refractivity contribution is 7.80. The third-order valence-corrected chi connectivity index (χ3v) is 4.21. The van der Waals surface area contributed by atoms with E-state index in [0.717, 1.165) is 24.5 Å². The van der Waals surface area contributed by atoms with Crippen LogP contribution in [-0.2, 0) is 9.59 Å². The van der Waals surface area contributed by atoms with Crippen LogP contribution in [0.5, 0.6) is 0 Å². The smallest absolute Gasteiger partial charge is 0.222 e. The minimum absolute atomic E-state index is 0.177. The summed E-state index contributed by atoms with van der Waals surface area (Å²) in [6.07, 6.45) is 0.527. The Kier molecular flexibility index (Phi) is 6.39. The van der Waals surface area contributed by atoms with E-state index in [2.05, 4.69) is 15.5 Å². The third-order valence-electron chi connectivity index (χ3n) is 3.77. The standard InChI is InChI=1S/C16H21ClN4O2S/c1-3-15(23)21-8-6-20(7-9-21)14-5-4-12(17)10-13(14)19-16(24)18-11(2)22/h4-5,10H,3,6-9H2,1-2H3,(H2,18,19,22,24). The summed E-state index contributed by atoms with van der Waals surface area (Å²) in [5, 5.41) is 6.36. The summed E-state index contributed by atoms with van der Waals surface area (Å²) in [5.41, 5.74) is 1.67. The van der Waals surface area contributed by atoms with Gasteiger partial charge in [0, 0.05) is 44.5 Å². The molecule has 2 rings (SSSR count). The largest absolute Gasteiger partial charge is 0.366 e. The molecule has 130 valence electrons. The van der Waals surface area contributed by atoms with Gasteiger partial charge in [0.2, 0.25) is 11.8 Å². The first kappa shape index (κ1) is 18.5. The Bertz CT molecular complexity index is 645. The molecule has 2 N–H and O–H groups in total. The van der Waals surface area contributed by atoms with Crippen LogP contribution in [0.3, 0.4) is 0 Å². The molecule has 8 heteroatoms. The fraction of sp³-hybridized carbons (Fsp3) is 0.438. The van der Waals surface area contributed by atoms with E-state index >= 15 is 0 Å². The minimum Gasteiger partial charge on any atom is -0.366 e. The van der Waals surface area contributed by atoms with Crippen molar-refractivity contribution in [3.63, 3.8) is 0 Å². The van der Waals surface area contributed by atoms with Crippen molar-refractivity contribution in [1.29, 1.82) is 0 Å². The van der Waals surface area contributed by atoms with Gasteiger partial charge in [0.1, 0.15) is 0 Å². The number of thiocarbonyl (C=S) groups is 1. The van der Waals surface area contributed by atoms with Crippen LogP contribution in [0.25, 0.3) is 0 Å². The van der Waals surface area contributed by atoms with Gasteiger partial charge in [0.25, 0.3) is 0 Å². The summed E-state index contributed by atoms with van der Waals surface area (Å²) in [6, 6.07) is 5.50. The zero-order chi connectivity index (χ0) is 17.7. The van der Waals surface area contributed by atoms with E-state index in [1.165, 1.54) is 6.92 Å². The number of halogens is 1. The van der Waals surface area contributed by atoms with Crippen LogP contribution in [0.1, 0.15) is 20.3 Å². The number of piperazine rings is 1. The topological polar surface area (TPSA) is 64.7 Å². The molecule has 1 saturated heterocycles. The van der Waals surface area contributed by atoms with Gasteiger partial charge in [-0.15, -0.1) is 0 Å². The Morgan fingerprint density at radius 3 is 2.50 bits per heavy atom. The molecule has 1 fully saturated rings. The molecule has 24 heavy (non-hydrogen) atoms. The van der Waals surface area contributed by atoms with E-state index in [0.29, 0.717) is 24.5 Å². The fourth-order valence-corrected chi connectivity index (χ4v) is 3.04. The Labute approximate surface area is 152 Å². The predicted octanol–water partition coefficient (Wildman–Crippen LogP) is 2.23. The first-order valence-corrected chi connectivity index (χ1v) is 8.60. The number of rotatable bonds is 3. The third kappa shape index (κ3) is 4.82. The molecular weight excluding hydrogens is 348 g/mol. The van der Waals surface area contributed by atoms with Crippen LogP contribution in [0.2, 0.25) is 5.02 Å². The van der Waals surface area contributed by atoms with Crippen LogP contribution in [0.4, 0.5) is 11.4 Å². The van der Waals surface area contributed by atoms with Gasteiger partial charge in [-0.05, 0) is 30.4 Å². The van der Waals surface area contributed by atoms with Crippen molar-refractivity contribution in [3.8, 4) is 0 Å². The number of carbonyl (C=O) groups is 2. The summed E-state index contributed by atoms with van der Waals surface area (Å²) in [6.45, 7) is 6.11. The second-order valence-corrected chi connectivity index (χ2v) is 6.36. The predicted molar refractivity (Wildman–Crippen MR) is 101 cm³/mol. The van der Waals surface area contributed by atoms with Gasteiger partial charge in [0.05, 0.1) is 11.4 Å². The molecule has 1 heterocycles. The second kappa shape index (κ2) is 8.30. The number of benzene rings is 1. The lowest BCUT2D eigenvalue weighted by Crippen LogP contribution is -2.48. The minimum atomic E-state index is -0.234. The molecule has 1 aromatic rings. The van der Waals surface area contributed by atoms with Crippen molar-refractivity contribution in [2.45, 2.75) is 20.3 Å². The molecule has 0 unspecified atom stereocenters. The summed E-state index contributed by atoms with van der Waals surface area (Å²) in [5.74, 6) is -0.0567. The highest BCUT2D eigenvalue weighted by Gasteiger charge is 2.22. The Balaban J connectivity index is 2.11. The molecule has 0 aliphatic carbocycles. The van der Waals surface area contributed by atoms with Gasteiger partial charge < -0.3 is 20.4 Å². The van der Waals surface area contributed by atoms with Crippen molar-refractivity contribution < 1.29 is 9.59 Å². The zero-order valence-corrected chi connectivity index (χ0v) is 15.3. The van der Waals surface area contributed by atoms with E-state index in [9.17, 15) is 9.59 Å². The first-order chi connectivity index (χ1) is 11.4. The molecule has 0 bridgehead atoms. The zero-order valence-electron chi connectivity index (χ0n) is 13.8. The lowest BCUT2D eigenvalue weighted by atomic mass is 10.2. The van der Waals surface area contributed by atoms with Gasteiger partial charge in [-0.3, -0.25) is 9.59 Å². The van der Waals surface area contributed by atoms with Crippen LogP contribution in [-0.4, -0.2) is 48.0 Å². The van der Waals surface area contributed by atoms with Gasteiger partial charge >= 0.3 is 0 Å². The van der Waals surface area contributed by atoms with Gasteiger partial charge in [-0.1, -0.05) is 18.5 Å². The number of amides is 2. The van der Waals surface area contributed by atoms with Crippen molar-refractivity contribution in [2.24, 2.45) is 0 Å². The maximum atomic E-state index is 11.8. The molecule has 1 aromatic carbocycles. The van der Waals surface area contributed by atoms with Gasteiger partial charge in [0.15, 0.2) is 5.11 Å². The summed E-state index contributed by atoms with van der Waals surface area (Å²) in [4.78, 5) is 27.0. The molecule has 0 radical (unpaired) electrons. The van der Waals surface area contributed by atoms with Gasteiger partial charge in [-0.2, -0.15) is 0 Å². The summed E-state index contributed by atoms with van der Waals surface area (Å²) < 4.78 is 0. The number of anilines is 2. The molecule has 1 aliphatic rings. The molecule has 1 aliphatic heterocycles. The average molecular weight is 369 g/mol. The van der Waals surface area contributed by atoms with Gasteiger partial charge in [-0.25, -0.2) is 0 Å². The SMILES string of the molecule is CCC(=O)N1CCN(c2ccc(Cl)cc2NC(=S)NC(C)=O)CC1. The maximum absolute atomic E-state index is 11.8. The Morgan fingerprint density at radius 2 is 1.92 bits per heavy atom. The number of hydrogen-bond acceptors (Lipinski definition) is 4. The lowest BCUT2D eigenvalue weighted by Gasteiger charge is -2.37. The number of hydrogen-bond donors (Lipinski definition) is 2. The van der Waals surface area contributed by atoms with Crippen LogP contribution >= 0.6 is 23.8 Å². The molecule has 0 aromatic heterocycles. The van der Waals surface area contributed by atoms with E-state index in [1.807, 2.05) is 24.0 Å². The summed E-state index contributed by atoms with van der Waals surface area (Å²) in [7, 11) is 0. The first-order valence-electron chi connectivity index (χ1n) is 7.81. The highest BCUT2D eigenvalue weighted by atomic mass is 35.5.